The van der Waals surface area contributed by atoms with Crippen molar-refractivity contribution in [3.8, 4) is 0 Å². The number of benzene rings is 2. The third kappa shape index (κ3) is 6.84. The van der Waals surface area contributed by atoms with E-state index < -0.39 is 29.8 Å². The predicted molar refractivity (Wildman–Crippen MR) is 137 cm³/mol. The molecular formula is C27H31F3N4O4. The number of urea groups is 2. The van der Waals surface area contributed by atoms with Crippen LogP contribution in [0.25, 0.3) is 0 Å². The molecule has 38 heavy (non-hydrogen) atoms. The van der Waals surface area contributed by atoms with Crippen molar-refractivity contribution in [3.63, 3.8) is 0 Å². The number of alkyl halides is 3. The predicted octanol–water partition coefficient (Wildman–Crippen LogP) is 6.30. The molecule has 3 N–H and O–H groups in total. The summed E-state index contributed by atoms with van der Waals surface area (Å²) >= 11 is 0. The zero-order chi connectivity index (χ0) is 28.0. The van der Waals surface area contributed by atoms with E-state index in [1.165, 1.54) is 29.2 Å². The van der Waals surface area contributed by atoms with Gasteiger partial charge >= 0.3 is 24.2 Å². The molecular weight excluding hydrogens is 501 g/mol. The lowest BCUT2D eigenvalue weighted by Gasteiger charge is -2.35. The molecule has 0 unspecified atom stereocenters. The Morgan fingerprint density at radius 1 is 1.08 bits per heavy atom. The van der Waals surface area contributed by atoms with Gasteiger partial charge in [0.2, 0.25) is 0 Å². The highest BCUT2D eigenvalue weighted by atomic mass is 19.4. The fraction of sp³-hybridized carbons (Fsp3) is 0.370. The Balaban J connectivity index is 1.81. The van der Waals surface area contributed by atoms with Crippen LogP contribution in [0.4, 0.5) is 34.1 Å². The summed E-state index contributed by atoms with van der Waals surface area (Å²) < 4.78 is 45.1. The fourth-order valence-electron chi connectivity index (χ4n) is 3.99. The number of rotatable bonds is 8. The smallest absolute Gasteiger partial charge is 0.418 e. The molecule has 8 nitrogen and oxygen atoms in total. The number of hydrogen-bond donors (Lipinski definition) is 3. The van der Waals surface area contributed by atoms with Crippen molar-refractivity contribution in [3.05, 3.63) is 70.9 Å². The van der Waals surface area contributed by atoms with E-state index >= 15 is 0 Å². The van der Waals surface area contributed by atoms with Gasteiger partial charge in [0.15, 0.2) is 0 Å². The van der Waals surface area contributed by atoms with Crippen LogP contribution >= 0.6 is 0 Å². The summed E-state index contributed by atoms with van der Waals surface area (Å²) in [5.74, 6) is -0.407. The van der Waals surface area contributed by atoms with Crippen LogP contribution < -0.4 is 16.0 Å². The molecule has 2 aromatic rings. The van der Waals surface area contributed by atoms with E-state index in [-0.39, 0.29) is 24.2 Å². The molecule has 3 rings (SSSR count). The van der Waals surface area contributed by atoms with E-state index in [0.29, 0.717) is 35.5 Å². The average molecular weight is 533 g/mol. The lowest BCUT2D eigenvalue weighted by atomic mass is 9.94. The van der Waals surface area contributed by atoms with Gasteiger partial charge in [0.25, 0.3) is 0 Å². The van der Waals surface area contributed by atoms with Crippen LogP contribution in [0.5, 0.6) is 0 Å². The van der Waals surface area contributed by atoms with E-state index in [1.807, 2.05) is 20.8 Å². The second-order valence-corrected chi connectivity index (χ2v) is 9.27. The maximum Gasteiger partial charge on any atom is 0.418 e. The molecule has 0 saturated carbocycles. The SMILES string of the molecule is CCCN1C(=O)N[C@@H](c2ccc(NC(=O)Nc3ccccc3C(F)(F)F)cc2)C(C(=O)OCC(C)C)=C1C. The molecule has 0 aromatic heterocycles. The lowest BCUT2D eigenvalue weighted by Crippen LogP contribution is -2.48. The maximum atomic E-state index is 13.2. The molecule has 1 heterocycles. The molecule has 0 saturated heterocycles. The first-order valence-electron chi connectivity index (χ1n) is 12.2. The molecule has 204 valence electrons. The monoisotopic (exact) mass is 532 g/mol. The number of esters is 1. The van der Waals surface area contributed by atoms with E-state index in [4.69, 9.17) is 4.74 Å². The number of amides is 4. The molecule has 0 bridgehead atoms. The van der Waals surface area contributed by atoms with Crippen LogP contribution in [0.3, 0.4) is 0 Å². The number of para-hydroxylation sites is 1. The van der Waals surface area contributed by atoms with Gasteiger partial charge in [0.1, 0.15) is 0 Å². The molecule has 2 aromatic carbocycles. The van der Waals surface area contributed by atoms with Gasteiger partial charge in [-0.1, -0.05) is 45.0 Å². The number of allylic oxidation sites excluding steroid dienone is 1. The minimum atomic E-state index is -4.62. The Morgan fingerprint density at radius 2 is 1.74 bits per heavy atom. The summed E-state index contributed by atoms with van der Waals surface area (Å²) in [5, 5.41) is 7.56. The fourth-order valence-corrected chi connectivity index (χ4v) is 3.99. The van der Waals surface area contributed by atoms with Crippen LogP contribution in [0.2, 0.25) is 0 Å². The largest absolute Gasteiger partial charge is 0.462 e. The van der Waals surface area contributed by atoms with E-state index in [9.17, 15) is 27.6 Å². The summed E-state index contributed by atoms with van der Waals surface area (Å²) in [5.41, 5.74) is 0.338. The number of nitrogens with one attached hydrogen (secondary N) is 3. The standard InChI is InChI=1S/C27H31F3N4O4/c1-5-14-34-17(4)22(24(35)38-15-16(2)3)23(33-26(34)37)18-10-12-19(13-11-18)31-25(36)32-21-9-7-6-8-20(21)27(28,29)30/h6-13,16,23H,5,14-15H2,1-4H3,(H,33,37)(H2,31,32,36)/t23-/m0/s1. The maximum absolute atomic E-state index is 13.2. The van der Waals surface area contributed by atoms with E-state index in [2.05, 4.69) is 16.0 Å². The zero-order valence-corrected chi connectivity index (χ0v) is 21.6. The summed E-state index contributed by atoms with van der Waals surface area (Å²) in [6.07, 6.45) is -3.93. The Labute approximate surface area is 219 Å². The molecule has 0 fully saturated rings. The molecule has 4 amide bonds. The van der Waals surface area contributed by atoms with Crippen molar-refractivity contribution in [2.75, 3.05) is 23.8 Å². The van der Waals surface area contributed by atoms with Crippen LogP contribution in [-0.2, 0) is 15.7 Å². The first-order chi connectivity index (χ1) is 17.9. The van der Waals surface area contributed by atoms with Gasteiger partial charge < -0.3 is 20.7 Å². The number of halogens is 3. The van der Waals surface area contributed by atoms with Crippen LogP contribution in [0.1, 0.15) is 51.3 Å². The van der Waals surface area contributed by atoms with Gasteiger partial charge in [0.05, 0.1) is 29.5 Å². The van der Waals surface area contributed by atoms with Gasteiger partial charge in [-0.05, 0) is 49.1 Å². The normalized spacial score (nSPS) is 15.8. The topological polar surface area (TPSA) is 99.8 Å². The number of hydrogen-bond acceptors (Lipinski definition) is 4. The molecule has 1 atom stereocenters. The number of nitrogens with zero attached hydrogens (tertiary/aromatic N) is 1. The Bertz CT molecular complexity index is 1210. The van der Waals surface area contributed by atoms with Gasteiger partial charge in [-0.25, -0.2) is 14.4 Å². The molecule has 1 aliphatic heterocycles. The second-order valence-electron chi connectivity index (χ2n) is 9.27. The highest BCUT2D eigenvalue weighted by Gasteiger charge is 2.36. The Kier molecular flexibility index (Phi) is 9.03. The highest BCUT2D eigenvalue weighted by Crippen LogP contribution is 2.35. The summed E-state index contributed by atoms with van der Waals surface area (Å²) in [7, 11) is 0. The first kappa shape index (κ1) is 28.5. The molecule has 11 heteroatoms. The second kappa shape index (κ2) is 12.0. The first-order valence-corrected chi connectivity index (χ1v) is 12.2. The summed E-state index contributed by atoms with van der Waals surface area (Å²) in [6, 6.07) is 8.96. The van der Waals surface area contributed by atoms with Gasteiger partial charge in [-0.2, -0.15) is 13.2 Å². The minimum absolute atomic E-state index is 0.128. The quantitative estimate of drug-likeness (QED) is 0.348. The lowest BCUT2D eigenvalue weighted by molar-refractivity contribution is -0.140. The van der Waals surface area contributed by atoms with Crippen molar-refractivity contribution in [1.29, 1.82) is 0 Å². The zero-order valence-electron chi connectivity index (χ0n) is 21.6. The van der Waals surface area contributed by atoms with Crippen LogP contribution in [-0.4, -0.2) is 36.1 Å². The van der Waals surface area contributed by atoms with Crippen LogP contribution in [0, 0.1) is 5.92 Å². The van der Waals surface area contributed by atoms with E-state index in [1.54, 1.807) is 19.1 Å². The summed E-state index contributed by atoms with van der Waals surface area (Å²) in [6.45, 7) is 8.11. The third-order valence-electron chi connectivity index (χ3n) is 5.79. The van der Waals surface area contributed by atoms with Crippen molar-refractivity contribution in [2.45, 2.75) is 46.3 Å². The molecule has 0 aliphatic carbocycles. The minimum Gasteiger partial charge on any atom is -0.462 e. The van der Waals surface area contributed by atoms with Gasteiger partial charge in [0, 0.05) is 17.9 Å². The van der Waals surface area contributed by atoms with E-state index in [0.717, 1.165) is 12.1 Å². The highest BCUT2D eigenvalue weighted by molar-refractivity contribution is 6.00. The van der Waals surface area contributed by atoms with Crippen molar-refractivity contribution in [1.82, 2.24) is 10.2 Å². The molecule has 0 radical (unpaired) electrons. The van der Waals surface area contributed by atoms with Crippen molar-refractivity contribution < 1.29 is 32.3 Å². The third-order valence-corrected chi connectivity index (χ3v) is 5.79. The molecule has 0 spiro atoms. The number of anilines is 2. The van der Waals surface area contributed by atoms with Crippen molar-refractivity contribution in [2.24, 2.45) is 5.92 Å². The summed E-state index contributed by atoms with van der Waals surface area (Å²) in [4.78, 5) is 39.7. The Morgan fingerprint density at radius 3 is 2.34 bits per heavy atom. The number of ether oxygens (including phenoxy) is 1. The Hall–Kier alpha value is -4.02. The molecule has 1 aliphatic rings. The number of carbonyl (C=O) groups excluding carboxylic acids is 3. The average Bonchev–Trinajstić information content (AvgIpc) is 2.85. The van der Waals surface area contributed by atoms with Crippen LogP contribution in [0.15, 0.2) is 59.8 Å². The van der Waals surface area contributed by atoms with Crippen molar-refractivity contribution >= 4 is 29.4 Å². The van der Waals surface area contributed by atoms with Gasteiger partial charge in [-0.3, -0.25) is 4.90 Å². The van der Waals surface area contributed by atoms with Gasteiger partial charge in [-0.15, -0.1) is 0 Å². The number of carbonyl (C=O) groups is 3.